The van der Waals surface area contributed by atoms with Crippen LogP contribution in [0.5, 0.6) is 0 Å². The van der Waals surface area contributed by atoms with Gasteiger partial charge >= 0.3 is 11.9 Å². The lowest BCUT2D eigenvalue weighted by Gasteiger charge is -2.03. The summed E-state index contributed by atoms with van der Waals surface area (Å²) in [6, 6.07) is 9.59. The summed E-state index contributed by atoms with van der Waals surface area (Å²) in [5.74, 6) is -1.74. The first-order chi connectivity index (χ1) is 13.5. The monoisotopic (exact) mass is 403 g/mol. The van der Waals surface area contributed by atoms with E-state index in [-0.39, 0.29) is 0 Å². The van der Waals surface area contributed by atoms with Gasteiger partial charge in [-0.2, -0.15) is 0 Å². The van der Waals surface area contributed by atoms with Gasteiger partial charge in [-0.05, 0) is 42.7 Å². The quantitative estimate of drug-likeness (QED) is 0.403. The molecule has 0 amide bonds. The van der Waals surface area contributed by atoms with E-state index in [0.29, 0.717) is 22.8 Å². The van der Waals surface area contributed by atoms with Gasteiger partial charge in [0.25, 0.3) is 0 Å². The molecule has 0 saturated carbocycles. The zero-order valence-corrected chi connectivity index (χ0v) is 15.5. The molecule has 0 aliphatic heterocycles. The van der Waals surface area contributed by atoms with E-state index in [1.54, 1.807) is 6.07 Å². The van der Waals surface area contributed by atoms with Crippen molar-refractivity contribution in [1.82, 2.24) is 10.1 Å². The van der Waals surface area contributed by atoms with Crippen molar-refractivity contribution in [2.75, 3.05) is 11.9 Å². The summed E-state index contributed by atoms with van der Waals surface area (Å²) in [6.45, 7) is 0.840. The molecule has 2 aromatic heterocycles. The first-order valence-corrected chi connectivity index (χ1v) is 8.65. The average molecular weight is 404 g/mol. The topological polar surface area (TPSA) is 126 Å². The fraction of sp³-hybridized carbons (Fsp3) is 0.158. The minimum Gasteiger partial charge on any atom is -0.478 e. The van der Waals surface area contributed by atoms with Crippen LogP contribution in [-0.2, 0) is 16.0 Å². The lowest BCUT2D eigenvalue weighted by atomic mass is 10.1. The highest BCUT2D eigenvalue weighted by Gasteiger charge is 2.07. The standard InChI is InChI=1S/C15H14ClN3O.C4H4O4/c16-12-3-4-13-14(10-12)20-19-15(13)18-7-1-2-11-5-8-17-9-6-11;5-3(6)1-2-4(7)8/h3-6,8-10H,1-2,7H2,(H,18,19);1-2H,(H,5,6)(H,7,8)/b;2-1-. The minimum atomic E-state index is -1.26. The number of rotatable bonds is 7. The molecule has 0 radical (unpaired) electrons. The predicted octanol–water partition coefficient (Wildman–Crippen LogP) is 3.63. The van der Waals surface area contributed by atoms with Gasteiger partial charge in [0.2, 0.25) is 0 Å². The maximum atomic E-state index is 9.55. The Morgan fingerprint density at radius 1 is 1.11 bits per heavy atom. The zero-order chi connectivity index (χ0) is 20.4. The van der Waals surface area contributed by atoms with Crippen LogP contribution in [0.3, 0.4) is 0 Å². The number of anilines is 1. The maximum absolute atomic E-state index is 9.55. The van der Waals surface area contributed by atoms with Crippen molar-refractivity contribution >= 4 is 40.3 Å². The van der Waals surface area contributed by atoms with Crippen molar-refractivity contribution in [3.05, 3.63) is 65.5 Å². The molecule has 2 heterocycles. The van der Waals surface area contributed by atoms with E-state index in [1.807, 2.05) is 36.7 Å². The van der Waals surface area contributed by atoms with Gasteiger partial charge in [-0.3, -0.25) is 4.98 Å². The number of hydrogen-bond acceptors (Lipinski definition) is 6. The van der Waals surface area contributed by atoms with Gasteiger partial charge in [-0.1, -0.05) is 16.8 Å². The van der Waals surface area contributed by atoms with Crippen molar-refractivity contribution in [2.45, 2.75) is 12.8 Å². The number of aliphatic carboxylic acids is 2. The van der Waals surface area contributed by atoms with Crippen LogP contribution in [0, 0.1) is 0 Å². The van der Waals surface area contributed by atoms with Gasteiger partial charge in [-0.15, -0.1) is 0 Å². The van der Waals surface area contributed by atoms with E-state index in [0.717, 1.165) is 30.6 Å². The summed E-state index contributed by atoms with van der Waals surface area (Å²) >= 11 is 5.91. The lowest BCUT2D eigenvalue weighted by Crippen LogP contribution is -2.03. The Bertz CT molecular complexity index is 941. The number of aryl methyl sites for hydroxylation is 1. The van der Waals surface area contributed by atoms with Crippen LogP contribution in [0.25, 0.3) is 11.0 Å². The number of fused-ring (bicyclic) bond motifs is 1. The van der Waals surface area contributed by atoms with E-state index in [1.165, 1.54) is 5.56 Å². The van der Waals surface area contributed by atoms with Crippen molar-refractivity contribution in [3.8, 4) is 0 Å². The number of nitrogens with zero attached hydrogens (tertiary/aromatic N) is 2. The van der Waals surface area contributed by atoms with Gasteiger partial charge in [0.15, 0.2) is 11.4 Å². The van der Waals surface area contributed by atoms with Crippen LogP contribution in [0.4, 0.5) is 5.82 Å². The van der Waals surface area contributed by atoms with Crippen molar-refractivity contribution in [2.24, 2.45) is 0 Å². The van der Waals surface area contributed by atoms with Gasteiger partial charge in [-0.25, -0.2) is 9.59 Å². The highest BCUT2D eigenvalue weighted by Crippen LogP contribution is 2.25. The molecule has 9 heteroatoms. The van der Waals surface area contributed by atoms with Gasteiger partial charge in [0, 0.05) is 42.2 Å². The summed E-state index contributed by atoms with van der Waals surface area (Å²) in [6.07, 6.45) is 6.78. The number of nitrogens with one attached hydrogen (secondary N) is 1. The molecule has 0 spiro atoms. The summed E-state index contributed by atoms with van der Waals surface area (Å²) in [5, 5.41) is 24.6. The van der Waals surface area contributed by atoms with Gasteiger partial charge in [0.05, 0.1) is 5.39 Å². The Kier molecular flexibility index (Phi) is 7.98. The molecule has 0 atom stereocenters. The van der Waals surface area contributed by atoms with E-state index in [2.05, 4.69) is 15.5 Å². The maximum Gasteiger partial charge on any atom is 0.328 e. The summed E-state index contributed by atoms with van der Waals surface area (Å²) in [4.78, 5) is 23.1. The van der Waals surface area contributed by atoms with E-state index in [9.17, 15) is 9.59 Å². The third-order valence-electron chi connectivity index (χ3n) is 3.49. The molecule has 28 heavy (non-hydrogen) atoms. The number of aromatic nitrogens is 2. The number of hydrogen-bond donors (Lipinski definition) is 3. The lowest BCUT2D eigenvalue weighted by molar-refractivity contribution is -0.134. The Morgan fingerprint density at radius 2 is 1.79 bits per heavy atom. The van der Waals surface area contributed by atoms with Crippen LogP contribution < -0.4 is 5.32 Å². The minimum absolute atomic E-state index is 0.558. The van der Waals surface area contributed by atoms with E-state index < -0.39 is 11.9 Å². The van der Waals surface area contributed by atoms with Gasteiger partial charge in [0.1, 0.15) is 0 Å². The van der Waals surface area contributed by atoms with E-state index >= 15 is 0 Å². The number of halogens is 1. The van der Waals surface area contributed by atoms with Crippen LogP contribution in [0.1, 0.15) is 12.0 Å². The second-order valence-electron chi connectivity index (χ2n) is 5.57. The van der Waals surface area contributed by atoms with Crippen LogP contribution in [0.15, 0.2) is 59.4 Å². The third kappa shape index (κ3) is 7.08. The molecule has 0 aliphatic carbocycles. The van der Waals surface area contributed by atoms with Crippen molar-refractivity contribution in [3.63, 3.8) is 0 Å². The molecule has 3 rings (SSSR count). The summed E-state index contributed by atoms with van der Waals surface area (Å²) < 4.78 is 5.24. The smallest absolute Gasteiger partial charge is 0.328 e. The molecule has 146 valence electrons. The molecular weight excluding hydrogens is 386 g/mol. The second kappa shape index (κ2) is 10.7. The normalized spacial score (nSPS) is 10.5. The molecule has 1 aromatic carbocycles. The first kappa shape index (κ1) is 20.9. The number of carboxylic acids is 2. The predicted molar refractivity (Wildman–Crippen MR) is 104 cm³/mol. The second-order valence-corrected chi connectivity index (χ2v) is 6.00. The summed E-state index contributed by atoms with van der Waals surface area (Å²) in [7, 11) is 0. The molecule has 0 fully saturated rings. The van der Waals surface area contributed by atoms with Crippen LogP contribution >= 0.6 is 11.6 Å². The highest BCUT2D eigenvalue weighted by molar-refractivity contribution is 6.31. The summed E-state index contributed by atoms with van der Waals surface area (Å²) in [5.41, 5.74) is 1.99. The number of pyridine rings is 1. The molecule has 0 aliphatic rings. The Hall–Kier alpha value is -3.39. The number of benzene rings is 1. The Morgan fingerprint density at radius 3 is 2.43 bits per heavy atom. The molecule has 8 nitrogen and oxygen atoms in total. The zero-order valence-electron chi connectivity index (χ0n) is 14.7. The van der Waals surface area contributed by atoms with E-state index in [4.69, 9.17) is 26.3 Å². The molecule has 0 unspecified atom stereocenters. The fourth-order valence-corrected chi connectivity index (χ4v) is 2.39. The molecule has 0 bridgehead atoms. The molecule has 3 aromatic rings. The largest absolute Gasteiger partial charge is 0.478 e. The SMILES string of the molecule is Clc1ccc2c(NCCCc3ccncc3)noc2c1.O=C(O)/C=C\C(=O)O. The highest BCUT2D eigenvalue weighted by atomic mass is 35.5. The average Bonchev–Trinajstić information content (AvgIpc) is 3.07. The molecular formula is C19H18ClN3O5. The Balaban J connectivity index is 0.000000300. The molecule has 3 N–H and O–H groups in total. The van der Waals surface area contributed by atoms with Crippen LogP contribution in [-0.4, -0.2) is 38.8 Å². The first-order valence-electron chi connectivity index (χ1n) is 8.27. The van der Waals surface area contributed by atoms with Crippen LogP contribution in [0.2, 0.25) is 5.02 Å². The Labute approximate surface area is 165 Å². The van der Waals surface area contributed by atoms with Crippen molar-refractivity contribution in [1.29, 1.82) is 0 Å². The van der Waals surface area contributed by atoms with Crippen molar-refractivity contribution < 1.29 is 24.3 Å². The van der Waals surface area contributed by atoms with Gasteiger partial charge < -0.3 is 20.1 Å². The third-order valence-corrected chi connectivity index (χ3v) is 3.72. The number of carboxylic acid groups (broad SMARTS) is 2. The fourth-order valence-electron chi connectivity index (χ4n) is 2.23. The molecule has 0 saturated heterocycles. The number of carbonyl (C=O) groups is 2.